The van der Waals surface area contributed by atoms with Crippen LogP contribution in [0, 0.1) is 11.6 Å². The molecular formula is C23H22F2N2O3. The summed E-state index contributed by atoms with van der Waals surface area (Å²) in [4.78, 5) is 18.6. The normalized spacial score (nSPS) is 14.7. The third-order valence-corrected chi connectivity index (χ3v) is 5.15. The van der Waals surface area contributed by atoms with Crippen molar-refractivity contribution in [2.24, 2.45) is 0 Å². The maximum atomic E-state index is 13.7. The zero-order valence-electron chi connectivity index (χ0n) is 16.4. The molecule has 156 valence electrons. The Balaban J connectivity index is 1.24. The SMILES string of the molecule is O=C(CCc1ncc(-c2ccccc2)o1)N1CCC(Oc2ccc(F)cc2F)CC1. The van der Waals surface area contributed by atoms with Gasteiger partial charge in [-0.1, -0.05) is 30.3 Å². The fourth-order valence-electron chi connectivity index (χ4n) is 3.51. The lowest BCUT2D eigenvalue weighted by molar-refractivity contribution is -0.133. The Morgan fingerprint density at radius 2 is 1.90 bits per heavy atom. The van der Waals surface area contributed by atoms with E-state index >= 15 is 0 Å². The van der Waals surface area contributed by atoms with Crippen molar-refractivity contribution in [1.29, 1.82) is 0 Å². The summed E-state index contributed by atoms with van der Waals surface area (Å²) in [5, 5.41) is 0. The Bertz CT molecular complexity index is 999. The number of amides is 1. The Labute approximate surface area is 173 Å². The minimum Gasteiger partial charge on any atom is -0.487 e. The highest BCUT2D eigenvalue weighted by molar-refractivity contribution is 5.76. The first-order chi connectivity index (χ1) is 14.6. The van der Waals surface area contributed by atoms with E-state index in [0.717, 1.165) is 11.6 Å². The van der Waals surface area contributed by atoms with Crippen molar-refractivity contribution in [2.75, 3.05) is 13.1 Å². The topological polar surface area (TPSA) is 55.6 Å². The lowest BCUT2D eigenvalue weighted by Gasteiger charge is -2.32. The fraction of sp³-hybridized carbons (Fsp3) is 0.304. The van der Waals surface area contributed by atoms with Crippen LogP contribution < -0.4 is 4.74 Å². The van der Waals surface area contributed by atoms with Gasteiger partial charge in [-0.3, -0.25) is 4.79 Å². The lowest BCUT2D eigenvalue weighted by atomic mass is 10.1. The van der Waals surface area contributed by atoms with Crippen LogP contribution in [-0.2, 0) is 11.2 Å². The number of rotatable bonds is 6. The number of carbonyl (C=O) groups is 1. The van der Waals surface area contributed by atoms with Gasteiger partial charge in [-0.2, -0.15) is 0 Å². The highest BCUT2D eigenvalue weighted by Crippen LogP contribution is 2.24. The maximum absolute atomic E-state index is 13.7. The van der Waals surface area contributed by atoms with E-state index in [1.807, 2.05) is 30.3 Å². The van der Waals surface area contributed by atoms with Gasteiger partial charge in [-0.25, -0.2) is 13.8 Å². The van der Waals surface area contributed by atoms with Gasteiger partial charge in [0.05, 0.1) is 6.20 Å². The molecule has 0 N–H and O–H groups in total. The molecule has 1 amide bonds. The molecule has 4 rings (SSSR count). The molecule has 0 atom stereocenters. The second-order valence-electron chi connectivity index (χ2n) is 7.26. The number of likely N-dealkylation sites (tertiary alicyclic amines) is 1. The first-order valence-corrected chi connectivity index (χ1v) is 9.98. The lowest BCUT2D eigenvalue weighted by Crippen LogP contribution is -2.41. The van der Waals surface area contributed by atoms with E-state index in [9.17, 15) is 13.6 Å². The fourth-order valence-corrected chi connectivity index (χ4v) is 3.51. The van der Waals surface area contributed by atoms with Crippen LogP contribution in [0.4, 0.5) is 8.78 Å². The van der Waals surface area contributed by atoms with Gasteiger partial charge in [0, 0.05) is 50.4 Å². The molecule has 5 nitrogen and oxygen atoms in total. The third-order valence-electron chi connectivity index (χ3n) is 5.15. The summed E-state index contributed by atoms with van der Waals surface area (Å²) in [6, 6.07) is 12.9. The summed E-state index contributed by atoms with van der Waals surface area (Å²) < 4.78 is 38.1. The second kappa shape index (κ2) is 9.07. The van der Waals surface area contributed by atoms with Gasteiger partial charge in [0.1, 0.15) is 11.9 Å². The van der Waals surface area contributed by atoms with Crippen LogP contribution in [0.5, 0.6) is 5.75 Å². The smallest absolute Gasteiger partial charge is 0.223 e. The van der Waals surface area contributed by atoms with Crippen molar-refractivity contribution in [3.05, 3.63) is 72.3 Å². The molecule has 1 saturated heterocycles. The Morgan fingerprint density at radius 3 is 2.63 bits per heavy atom. The number of oxazole rings is 1. The molecule has 0 aliphatic carbocycles. The van der Waals surface area contributed by atoms with E-state index in [0.29, 0.717) is 50.4 Å². The minimum atomic E-state index is -0.714. The molecule has 1 aliphatic rings. The number of ether oxygens (including phenoxy) is 1. The Kier molecular flexibility index (Phi) is 6.07. The van der Waals surface area contributed by atoms with Crippen molar-refractivity contribution >= 4 is 5.91 Å². The van der Waals surface area contributed by atoms with Crippen molar-refractivity contribution in [2.45, 2.75) is 31.8 Å². The molecule has 30 heavy (non-hydrogen) atoms. The number of aromatic nitrogens is 1. The standard InChI is InChI=1S/C23H22F2N2O3/c24-17-6-7-20(19(25)14-17)29-18-10-12-27(13-11-18)23(28)9-8-22-26-15-21(30-22)16-4-2-1-3-5-16/h1-7,14-15,18H,8-13H2. The van der Waals surface area contributed by atoms with Crippen LogP contribution in [0.3, 0.4) is 0 Å². The number of carbonyl (C=O) groups excluding carboxylic acids is 1. The molecule has 1 fully saturated rings. The van der Waals surface area contributed by atoms with E-state index in [1.54, 1.807) is 11.1 Å². The molecule has 7 heteroatoms. The number of hydrogen-bond donors (Lipinski definition) is 0. The summed E-state index contributed by atoms with van der Waals surface area (Å²) in [5.41, 5.74) is 0.947. The van der Waals surface area contributed by atoms with Gasteiger partial charge in [-0.15, -0.1) is 0 Å². The Morgan fingerprint density at radius 1 is 1.13 bits per heavy atom. The van der Waals surface area contributed by atoms with E-state index < -0.39 is 11.6 Å². The van der Waals surface area contributed by atoms with Gasteiger partial charge in [0.25, 0.3) is 0 Å². The molecule has 0 bridgehead atoms. The highest BCUT2D eigenvalue weighted by Gasteiger charge is 2.25. The highest BCUT2D eigenvalue weighted by atomic mass is 19.1. The molecule has 0 saturated carbocycles. The summed E-state index contributed by atoms with van der Waals surface area (Å²) in [6.45, 7) is 1.07. The largest absolute Gasteiger partial charge is 0.487 e. The number of aryl methyl sites for hydroxylation is 1. The number of nitrogens with zero attached hydrogens (tertiary/aromatic N) is 2. The predicted molar refractivity (Wildman–Crippen MR) is 107 cm³/mol. The molecule has 1 aromatic heterocycles. The molecular weight excluding hydrogens is 390 g/mol. The van der Waals surface area contributed by atoms with Gasteiger partial charge >= 0.3 is 0 Å². The van der Waals surface area contributed by atoms with E-state index in [2.05, 4.69) is 4.98 Å². The molecule has 1 aliphatic heterocycles. The molecule has 2 aromatic carbocycles. The molecule has 0 radical (unpaired) electrons. The average Bonchev–Trinajstić information content (AvgIpc) is 3.24. The van der Waals surface area contributed by atoms with Crippen LogP contribution in [0.25, 0.3) is 11.3 Å². The number of piperidine rings is 1. The molecule has 0 unspecified atom stereocenters. The summed E-state index contributed by atoms with van der Waals surface area (Å²) in [5.74, 6) is -0.0621. The van der Waals surface area contributed by atoms with E-state index in [4.69, 9.17) is 9.15 Å². The van der Waals surface area contributed by atoms with Crippen molar-refractivity contribution < 1.29 is 22.7 Å². The van der Waals surface area contributed by atoms with E-state index in [-0.39, 0.29) is 17.8 Å². The van der Waals surface area contributed by atoms with Crippen molar-refractivity contribution in [1.82, 2.24) is 9.88 Å². The van der Waals surface area contributed by atoms with Crippen LogP contribution in [0.2, 0.25) is 0 Å². The molecule has 0 spiro atoms. The van der Waals surface area contributed by atoms with Gasteiger partial charge < -0.3 is 14.1 Å². The second-order valence-corrected chi connectivity index (χ2v) is 7.26. The van der Waals surface area contributed by atoms with E-state index in [1.165, 1.54) is 12.1 Å². The summed E-state index contributed by atoms with van der Waals surface area (Å²) in [6.07, 6.45) is 3.41. The summed E-state index contributed by atoms with van der Waals surface area (Å²) >= 11 is 0. The minimum absolute atomic E-state index is 0.0286. The summed E-state index contributed by atoms with van der Waals surface area (Å²) in [7, 11) is 0. The monoisotopic (exact) mass is 412 g/mol. The third kappa shape index (κ3) is 4.84. The first kappa shape index (κ1) is 20.1. The molecule has 2 heterocycles. The van der Waals surface area contributed by atoms with Gasteiger partial charge in [-0.05, 0) is 12.1 Å². The zero-order chi connectivity index (χ0) is 20.9. The quantitative estimate of drug-likeness (QED) is 0.593. The Hall–Kier alpha value is -3.22. The number of hydrogen-bond acceptors (Lipinski definition) is 4. The van der Waals surface area contributed by atoms with Crippen molar-refractivity contribution in [3.8, 4) is 17.1 Å². The molecule has 3 aromatic rings. The zero-order valence-corrected chi connectivity index (χ0v) is 16.4. The van der Waals surface area contributed by atoms with Gasteiger partial charge in [0.15, 0.2) is 23.2 Å². The van der Waals surface area contributed by atoms with Crippen molar-refractivity contribution in [3.63, 3.8) is 0 Å². The first-order valence-electron chi connectivity index (χ1n) is 9.98. The van der Waals surface area contributed by atoms with Crippen LogP contribution in [0.15, 0.2) is 59.1 Å². The van der Waals surface area contributed by atoms with Crippen LogP contribution in [0.1, 0.15) is 25.2 Å². The number of benzene rings is 2. The maximum Gasteiger partial charge on any atom is 0.223 e. The average molecular weight is 412 g/mol. The number of halogens is 2. The predicted octanol–water partition coefficient (Wildman–Crippen LogP) is 4.62. The van der Waals surface area contributed by atoms with Crippen LogP contribution in [-0.4, -0.2) is 35.0 Å². The van der Waals surface area contributed by atoms with Crippen LogP contribution >= 0.6 is 0 Å². The van der Waals surface area contributed by atoms with Gasteiger partial charge in [0.2, 0.25) is 5.91 Å².